The fourth-order valence-corrected chi connectivity index (χ4v) is 3.19. The molecule has 25 heavy (non-hydrogen) atoms. The summed E-state index contributed by atoms with van der Waals surface area (Å²) in [6, 6.07) is 16.7. The minimum Gasteiger partial charge on any atom is -0.415 e. The summed E-state index contributed by atoms with van der Waals surface area (Å²) in [7, 11) is 0. The zero-order valence-corrected chi connectivity index (χ0v) is 13.9. The van der Waals surface area contributed by atoms with Crippen LogP contribution in [0.25, 0.3) is 11.5 Å². The Morgan fingerprint density at radius 2 is 1.68 bits per heavy atom. The molecule has 0 atom stereocenters. The van der Waals surface area contributed by atoms with Crippen molar-refractivity contribution in [3.63, 3.8) is 0 Å². The summed E-state index contributed by atoms with van der Waals surface area (Å²) >= 11 is 0. The van der Waals surface area contributed by atoms with E-state index in [2.05, 4.69) is 15.1 Å². The molecule has 1 aliphatic rings. The summed E-state index contributed by atoms with van der Waals surface area (Å²) in [6.45, 7) is 4.16. The monoisotopic (exact) mass is 339 g/mol. The van der Waals surface area contributed by atoms with Gasteiger partial charge in [0.25, 0.3) is 5.89 Å². The number of quaternary nitrogens is 1. The average Bonchev–Trinajstić information content (AvgIpc) is 3.12. The van der Waals surface area contributed by atoms with Crippen LogP contribution in [0, 0.1) is 5.82 Å². The van der Waals surface area contributed by atoms with Crippen molar-refractivity contribution in [3.8, 4) is 11.5 Å². The van der Waals surface area contributed by atoms with Crippen LogP contribution in [0.1, 0.15) is 5.89 Å². The first kappa shape index (κ1) is 15.8. The fraction of sp³-hybridized carbons (Fsp3) is 0.263. The molecule has 0 spiro atoms. The maximum absolute atomic E-state index is 13.9. The molecule has 128 valence electrons. The molecule has 4 rings (SSSR count). The zero-order valence-electron chi connectivity index (χ0n) is 13.9. The van der Waals surface area contributed by atoms with Gasteiger partial charge in [0.2, 0.25) is 5.89 Å². The summed E-state index contributed by atoms with van der Waals surface area (Å²) in [4.78, 5) is 3.47. The van der Waals surface area contributed by atoms with Crippen molar-refractivity contribution >= 4 is 5.69 Å². The van der Waals surface area contributed by atoms with Crippen molar-refractivity contribution in [1.29, 1.82) is 0 Å². The van der Waals surface area contributed by atoms with Gasteiger partial charge in [-0.25, -0.2) is 4.39 Å². The lowest BCUT2D eigenvalue weighted by molar-refractivity contribution is -0.915. The number of rotatable bonds is 4. The molecule has 1 fully saturated rings. The summed E-state index contributed by atoms with van der Waals surface area (Å²) in [5.74, 6) is 1.04. The third kappa shape index (κ3) is 3.53. The van der Waals surface area contributed by atoms with E-state index in [1.165, 1.54) is 11.0 Å². The topological polar surface area (TPSA) is 46.6 Å². The number of aromatic nitrogens is 2. The van der Waals surface area contributed by atoms with Gasteiger partial charge in [-0.2, -0.15) is 0 Å². The van der Waals surface area contributed by atoms with Gasteiger partial charge in [-0.3, -0.25) is 0 Å². The van der Waals surface area contributed by atoms with Crippen LogP contribution in [0.2, 0.25) is 0 Å². The Kier molecular flexibility index (Phi) is 4.43. The summed E-state index contributed by atoms with van der Waals surface area (Å²) < 4.78 is 19.7. The molecule has 0 aliphatic carbocycles. The Bertz CT molecular complexity index is 828. The highest BCUT2D eigenvalue weighted by atomic mass is 19.1. The van der Waals surface area contributed by atoms with Crippen LogP contribution >= 0.6 is 0 Å². The third-order valence-corrected chi connectivity index (χ3v) is 4.55. The predicted octanol–water partition coefficient (Wildman–Crippen LogP) is 1.78. The Labute approximate surface area is 145 Å². The number of para-hydroxylation sites is 1. The highest BCUT2D eigenvalue weighted by Crippen LogP contribution is 2.19. The van der Waals surface area contributed by atoms with E-state index in [9.17, 15) is 4.39 Å². The second-order valence-corrected chi connectivity index (χ2v) is 6.23. The fourth-order valence-electron chi connectivity index (χ4n) is 3.19. The summed E-state index contributed by atoms with van der Waals surface area (Å²) in [5, 5.41) is 8.30. The van der Waals surface area contributed by atoms with Gasteiger partial charge in [-0.05, 0) is 24.3 Å². The van der Waals surface area contributed by atoms with Gasteiger partial charge in [0.15, 0.2) is 6.54 Å². The van der Waals surface area contributed by atoms with E-state index in [1.54, 1.807) is 6.07 Å². The van der Waals surface area contributed by atoms with Crippen LogP contribution in [-0.2, 0) is 6.54 Å². The van der Waals surface area contributed by atoms with Crippen LogP contribution in [0.4, 0.5) is 10.1 Å². The van der Waals surface area contributed by atoms with E-state index in [-0.39, 0.29) is 5.82 Å². The van der Waals surface area contributed by atoms with Crippen molar-refractivity contribution in [3.05, 3.63) is 66.3 Å². The van der Waals surface area contributed by atoms with E-state index >= 15 is 0 Å². The summed E-state index contributed by atoms with van der Waals surface area (Å²) in [5.41, 5.74) is 1.62. The van der Waals surface area contributed by atoms with Gasteiger partial charge in [0, 0.05) is 5.56 Å². The second kappa shape index (κ2) is 7.03. The molecule has 0 saturated carbocycles. The molecule has 1 aromatic heterocycles. The smallest absolute Gasteiger partial charge is 0.271 e. The van der Waals surface area contributed by atoms with E-state index in [0.29, 0.717) is 24.0 Å². The number of hydrogen-bond acceptors (Lipinski definition) is 4. The highest BCUT2D eigenvalue weighted by molar-refractivity contribution is 5.51. The molecule has 3 aromatic rings. The number of hydrogen-bond donors (Lipinski definition) is 1. The van der Waals surface area contributed by atoms with Crippen molar-refractivity contribution in [1.82, 2.24) is 10.2 Å². The number of nitrogens with one attached hydrogen (secondary N) is 1. The lowest BCUT2D eigenvalue weighted by Gasteiger charge is -2.33. The Morgan fingerprint density at radius 1 is 0.960 bits per heavy atom. The van der Waals surface area contributed by atoms with Crippen LogP contribution in [-0.4, -0.2) is 36.4 Å². The molecule has 1 N–H and O–H groups in total. The van der Waals surface area contributed by atoms with E-state index in [1.807, 2.05) is 42.5 Å². The van der Waals surface area contributed by atoms with E-state index in [4.69, 9.17) is 4.42 Å². The molecule has 6 heteroatoms. The molecule has 1 aliphatic heterocycles. The molecule has 1 saturated heterocycles. The van der Waals surface area contributed by atoms with Crippen LogP contribution in [0.15, 0.2) is 59.0 Å². The zero-order chi connectivity index (χ0) is 17.1. The number of halogens is 1. The largest absolute Gasteiger partial charge is 0.415 e. The average molecular weight is 339 g/mol. The van der Waals surface area contributed by atoms with Gasteiger partial charge in [-0.15, -0.1) is 10.2 Å². The molecule has 0 radical (unpaired) electrons. The third-order valence-electron chi connectivity index (χ3n) is 4.55. The van der Waals surface area contributed by atoms with E-state index in [0.717, 1.165) is 31.7 Å². The molecule has 2 heterocycles. The minimum absolute atomic E-state index is 0.157. The van der Waals surface area contributed by atoms with Crippen molar-refractivity contribution < 1.29 is 13.7 Å². The molecule has 5 nitrogen and oxygen atoms in total. The minimum atomic E-state index is -0.157. The first-order valence-electron chi connectivity index (χ1n) is 8.50. The lowest BCUT2D eigenvalue weighted by Crippen LogP contribution is -3.13. The molecule has 0 unspecified atom stereocenters. The van der Waals surface area contributed by atoms with Gasteiger partial charge in [0.05, 0.1) is 31.9 Å². The van der Waals surface area contributed by atoms with Gasteiger partial charge < -0.3 is 14.2 Å². The van der Waals surface area contributed by atoms with Gasteiger partial charge in [-0.1, -0.05) is 30.3 Å². The highest BCUT2D eigenvalue weighted by Gasteiger charge is 2.23. The summed E-state index contributed by atoms with van der Waals surface area (Å²) in [6.07, 6.45) is 0. The second-order valence-electron chi connectivity index (χ2n) is 6.23. The molecular weight excluding hydrogens is 319 g/mol. The number of anilines is 1. The van der Waals surface area contributed by atoms with Crippen LogP contribution < -0.4 is 9.80 Å². The van der Waals surface area contributed by atoms with Gasteiger partial charge >= 0.3 is 0 Å². The normalized spacial score (nSPS) is 15.5. The number of benzene rings is 2. The Morgan fingerprint density at radius 3 is 2.44 bits per heavy atom. The maximum Gasteiger partial charge on any atom is 0.271 e. The quantitative estimate of drug-likeness (QED) is 0.787. The van der Waals surface area contributed by atoms with Crippen LogP contribution in [0.5, 0.6) is 0 Å². The maximum atomic E-state index is 13.9. The first-order valence-corrected chi connectivity index (χ1v) is 8.50. The molecular formula is C19H20FN4O+. The Hall–Kier alpha value is -2.73. The predicted molar refractivity (Wildman–Crippen MR) is 92.7 cm³/mol. The number of piperazine rings is 1. The van der Waals surface area contributed by atoms with Crippen LogP contribution in [0.3, 0.4) is 0 Å². The molecule has 0 bridgehead atoms. The molecule has 0 amide bonds. The van der Waals surface area contributed by atoms with Crippen molar-refractivity contribution in [2.24, 2.45) is 0 Å². The lowest BCUT2D eigenvalue weighted by atomic mass is 10.2. The Balaban J connectivity index is 1.36. The first-order chi connectivity index (χ1) is 12.3. The number of nitrogens with zero attached hydrogens (tertiary/aromatic N) is 3. The molecule has 2 aromatic carbocycles. The van der Waals surface area contributed by atoms with E-state index < -0.39 is 0 Å². The van der Waals surface area contributed by atoms with Crippen molar-refractivity contribution in [2.45, 2.75) is 6.54 Å². The SMILES string of the molecule is Fc1ccccc1N1CC[NH+](Cc2nnc(-c3ccccc3)o2)CC1. The van der Waals surface area contributed by atoms with Gasteiger partial charge in [0.1, 0.15) is 5.82 Å². The van der Waals surface area contributed by atoms with Crippen molar-refractivity contribution in [2.75, 3.05) is 31.1 Å². The standard InChI is InChI=1S/C19H19FN4O/c20-16-8-4-5-9-17(16)24-12-10-23(11-13-24)14-18-21-22-19(25-18)15-6-2-1-3-7-15/h1-9H,10-14H2/p+1.